The van der Waals surface area contributed by atoms with Crippen LogP contribution in [-0.2, 0) is 10.8 Å². The highest BCUT2D eigenvalue weighted by atomic mass is 32.2. The average molecular weight is 241 g/mol. The molecule has 1 saturated heterocycles. The fourth-order valence-corrected chi connectivity index (χ4v) is 3.12. The Morgan fingerprint density at radius 2 is 1.94 bits per heavy atom. The number of likely N-dealkylation sites (tertiary alicyclic amines) is 1. The summed E-state index contributed by atoms with van der Waals surface area (Å²) in [4.78, 5) is 2.63. The Kier molecular flexibility index (Phi) is 4.07. The number of nitrogens with zero attached hydrogens (tertiary/aromatic N) is 1. The van der Waals surface area contributed by atoms with E-state index < -0.39 is 10.8 Å². The Balaban J connectivity index is 1.90. The van der Waals surface area contributed by atoms with E-state index in [0.717, 1.165) is 19.6 Å². The van der Waals surface area contributed by atoms with Gasteiger partial charge >= 0.3 is 0 Å². The van der Waals surface area contributed by atoms with Gasteiger partial charge in [0.05, 0.1) is 15.7 Å². The van der Waals surface area contributed by atoms with Crippen LogP contribution in [0.25, 0.3) is 0 Å². The van der Waals surface area contributed by atoms with Crippen LogP contribution in [-0.4, -0.2) is 34.5 Å². The lowest BCUT2D eigenvalue weighted by atomic mass is 10.3. The summed E-state index contributed by atoms with van der Waals surface area (Å²) < 4.78 is 25.2. The summed E-state index contributed by atoms with van der Waals surface area (Å²) in [7, 11) is -1.21. The van der Waals surface area contributed by atoms with E-state index >= 15 is 0 Å². The standard InChI is InChI=1S/C12H16FNOS/c13-11-5-1-2-6-12(11)16(15)10-9-14-7-3-4-8-14/h1-2,5-6H,3-4,7-10H2. The molecule has 1 atom stereocenters. The molecule has 0 N–H and O–H groups in total. The summed E-state index contributed by atoms with van der Waals surface area (Å²) in [5, 5.41) is 0. The first-order valence-corrected chi connectivity index (χ1v) is 6.94. The first-order valence-electron chi connectivity index (χ1n) is 5.62. The maximum atomic E-state index is 13.3. The summed E-state index contributed by atoms with van der Waals surface area (Å²) in [6.45, 7) is 2.99. The molecule has 0 saturated carbocycles. The average Bonchev–Trinajstić information content (AvgIpc) is 2.79. The molecule has 1 aliphatic heterocycles. The van der Waals surface area contributed by atoms with Crippen LogP contribution in [0.1, 0.15) is 12.8 Å². The normalized spacial score (nSPS) is 18.8. The molecular formula is C12H16FNOS. The molecule has 0 aliphatic carbocycles. The van der Waals surface area contributed by atoms with Gasteiger partial charge in [0.25, 0.3) is 0 Å². The van der Waals surface area contributed by atoms with Crippen molar-refractivity contribution in [1.29, 1.82) is 0 Å². The van der Waals surface area contributed by atoms with E-state index in [1.165, 1.54) is 18.9 Å². The highest BCUT2D eigenvalue weighted by Gasteiger charge is 2.14. The third-order valence-corrected chi connectivity index (χ3v) is 4.25. The van der Waals surface area contributed by atoms with Gasteiger partial charge in [0.1, 0.15) is 5.82 Å². The molecule has 0 amide bonds. The Morgan fingerprint density at radius 1 is 1.25 bits per heavy atom. The van der Waals surface area contributed by atoms with Gasteiger partial charge in [-0.15, -0.1) is 0 Å². The summed E-state index contributed by atoms with van der Waals surface area (Å²) in [6.07, 6.45) is 2.46. The third kappa shape index (κ3) is 2.89. The molecule has 2 rings (SSSR count). The topological polar surface area (TPSA) is 20.3 Å². The molecule has 0 spiro atoms. The molecule has 1 heterocycles. The minimum Gasteiger partial charge on any atom is -0.302 e. The van der Waals surface area contributed by atoms with Gasteiger partial charge < -0.3 is 4.90 Å². The van der Waals surface area contributed by atoms with E-state index in [-0.39, 0.29) is 5.82 Å². The van der Waals surface area contributed by atoms with Crippen molar-refractivity contribution in [3.8, 4) is 0 Å². The van der Waals surface area contributed by atoms with Gasteiger partial charge in [-0.05, 0) is 38.1 Å². The molecule has 0 radical (unpaired) electrons. The summed E-state index contributed by atoms with van der Waals surface area (Å²) >= 11 is 0. The molecule has 1 aliphatic rings. The van der Waals surface area contributed by atoms with Crippen LogP contribution in [0.4, 0.5) is 4.39 Å². The van der Waals surface area contributed by atoms with Gasteiger partial charge in [0.15, 0.2) is 0 Å². The van der Waals surface area contributed by atoms with Gasteiger partial charge in [0.2, 0.25) is 0 Å². The first-order chi connectivity index (χ1) is 7.77. The van der Waals surface area contributed by atoms with Crippen LogP contribution >= 0.6 is 0 Å². The zero-order valence-electron chi connectivity index (χ0n) is 9.19. The number of rotatable bonds is 4. The second-order valence-corrected chi connectivity index (χ2v) is 5.57. The van der Waals surface area contributed by atoms with Crippen molar-refractivity contribution in [2.45, 2.75) is 17.7 Å². The monoisotopic (exact) mass is 241 g/mol. The minimum atomic E-state index is -1.21. The Labute approximate surface area is 97.9 Å². The second-order valence-electron chi connectivity index (χ2n) is 4.03. The van der Waals surface area contributed by atoms with E-state index in [1.54, 1.807) is 18.2 Å². The molecular weight excluding hydrogens is 225 g/mol. The van der Waals surface area contributed by atoms with Crippen LogP contribution in [0.3, 0.4) is 0 Å². The number of hydrogen-bond acceptors (Lipinski definition) is 2. The molecule has 0 aromatic heterocycles. The van der Waals surface area contributed by atoms with Crippen molar-refractivity contribution < 1.29 is 8.60 Å². The van der Waals surface area contributed by atoms with E-state index in [9.17, 15) is 8.60 Å². The maximum Gasteiger partial charge on any atom is 0.139 e. The lowest BCUT2D eigenvalue weighted by molar-refractivity contribution is 0.360. The molecule has 1 aromatic carbocycles. The molecule has 88 valence electrons. The van der Waals surface area contributed by atoms with Crippen molar-refractivity contribution >= 4 is 10.8 Å². The van der Waals surface area contributed by atoms with Crippen LogP contribution < -0.4 is 0 Å². The van der Waals surface area contributed by atoms with Crippen molar-refractivity contribution in [3.63, 3.8) is 0 Å². The molecule has 16 heavy (non-hydrogen) atoms. The fourth-order valence-electron chi connectivity index (χ4n) is 1.96. The minimum absolute atomic E-state index is 0.335. The van der Waals surface area contributed by atoms with Crippen LogP contribution in [0, 0.1) is 5.82 Å². The quantitative estimate of drug-likeness (QED) is 0.804. The van der Waals surface area contributed by atoms with Gasteiger partial charge in [-0.25, -0.2) is 4.39 Å². The van der Waals surface area contributed by atoms with Crippen molar-refractivity contribution in [2.75, 3.05) is 25.4 Å². The van der Waals surface area contributed by atoms with Gasteiger partial charge in [0, 0.05) is 12.3 Å². The number of benzene rings is 1. The molecule has 1 unspecified atom stereocenters. The maximum absolute atomic E-state index is 13.3. The van der Waals surface area contributed by atoms with E-state index in [0.29, 0.717) is 10.6 Å². The predicted molar refractivity (Wildman–Crippen MR) is 63.3 cm³/mol. The smallest absolute Gasteiger partial charge is 0.139 e. The fraction of sp³-hybridized carbons (Fsp3) is 0.500. The Bertz CT molecular complexity index is 377. The molecule has 4 heteroatoms. The second kappa shape index (κ2) is 5.55. The molecule has 2 nitrogen and oxygen atoms in total. The third-order valence-electron chi connectivity index (χ3n) is 2.87. The van der Waals surface area contributed by atoms with E-state index in [1.807, 2.05) is 0 Å². The van der Waals surface area contributed by atoms with Gasteiger partial charge in [-0.2, -0.15) is 0 Å². The zero-order chi connectivity index (χ0) is 11.4. The van der Waals surface area contributed by atoms with Gasteiger partial charge in [-0.1, -0.05) is 12.1 Å². The van der Waals surface area contributed by atoms with Crippen LogP contribution in [0.15, 0.2) is 29.2 Å². The number of halogens is 1. The SMILES string of the molecule is O=S(CCN1CCCC1)c1ccccc1F. The van der Waals surface area contributed by atoms with Crippen molar-refractivity contribution in [3.05, 3.63) is 30.1 Å². The summed E-state index contributed by atoms with van der Waals surface area (Å²) in [5.74, 6) is 0.170. The zero-order valence-corrected chi connectivity index (χ0v) is 10.0. The molecule has 1 fully saturated rings. The Morgan fingerprint density at radius 3 is 2.62 bits per heavy atom. The first kappa shape index (κ1) is 11.7. The molecule has 0 bridgehead atoms. The van der Waals surface area contributed by atoms with Crippen molar-refractivity contribution in [2.24, 2.45) is 0 Å². The van der Waals surface area contributed by atoms with Crippen LogP contribution in [0.5, 0.6) is 0 Å². The lowest BCUT2D eigenvalue weighted by Gasteiger charge is -2.13. The van der Waals surface area contributed by atoms with Gasteiger partial charge in [-0.3, -0.25) is 4.21 Å². The van der Waals surface area contributed by atoms with Crippen LogP contribution in [0.2, 0.25) is 0 Å². The van der Waals surface area contributed by atoms with E-state index in [4.69, 9.17) is 0 Å². The summed E-state index contributed by atoms with van der Waals surface area (Å²) in [5.41, 5.74) is 0. The lowest BCUT2D eigenvalue weighted by Crippen LogP contribution is -2.24. The molecule has 1 aromatic rings. The predicted octanol–water partition coefficient (Wildman–Crippen LogP) is 2.03. The van der Waals surface area contributed by atoms with E-state index in [2.05, 4.69) is 4.90 Å². The summed E-state index contributed by atoms with van der Waals surface area (Å²) in [6, 6.07) is 6.32. The highest BCUT2D eigenvalue weighted by molar-refractivity contribution is 7.85. The Hall–Kier alpha value is -0.740. The number of hydrogen-bond donors (Lipinski definition) is 0. The van der Waals surface area contributed by atoms with Crippen molar-refractivity contribution in [1.82, 2.24) is 4.90 Å². The largest absolute Gasteiger partial charge is 0.302 e. The highest BCUT2D eigenvalue weighted by Crippen LogP contribution is 2.13.